The Bertz CT molecular complexity index is 1330. The van der Waals surface area contributed by atoms with Crippen molar-refractivity contribution in [3.63, 3.8) is 0 Å². The second-order valence-corrected chi connectivity index (χ2v) is 9.34. The highest BCUT2D eigenvalue weighted by atomic mass is 32.2. The molecule has 3 aromatic rings. The molecule has 190 valence electrons. The number of para-hydroxylation sites is 1. The summed E-state index contributed by atoms with van der Waals surface area (Å²) in [5.41, 5.74) is 1.54. The minimum absolute atomic E-state index is 0.0669. The van der Waals surface area contributed by atoms with Gasteiger partial charge in [0.15, 0.2) is 5.17 Å². The fraction of sp³-hybridized carbons (Fsp3) is 0.185. The van der Waals surface area contributed by atoms with Crippen LogP contribution in [0, 0.1) is 5.82 Å². The van der Waals surface area contributed by atoms with E-state index in [1.54, 1.807) is 19.2 Å². The van der Waals surface area contributed by atoms with Gasteiger partial charge < -0.3 is 15.2 Å². The number of rotatable bonds is 8. The van der Waals surface area contributed by atoms with Gasteiger partial charge in [-0.1, -0.05) is 36.0 Å². The van der Waals surface area contributed by atoms with Crippen LogP contribution < -0.4 is 10.1 Å². The summed E-state index contributed by atoms with van der Waals surface area (Å²) in [6, 6.07) is 19.2. The average molecular weight is 522 g/mol. The number of aliphatic imine (C=N–C) groups is 1. The van der Waals surface area contributed by atoms with E-state index in [1.807, 2.05) is 24.3 Å². The molecule has 2 N–H and O–H groups in total. The Balaban J connectivity index is 1.53. The van der Waals surface area contributed by atoms with Crippen LogP contribution in [0.15, 0.2) is 77.8 Å². The number of anilines is 1. The number of hydrogen-bond donors (Lipinski definition) is 2. The van der Waals surface area contributed by atoms with E-state index in [0.717, 1.165) is 23.1 Å². The Kier molecular flexibility index (Phi) is 8.19. The van der Waals surface area contributed by atoms with Crippen LogP contribution in [0.4, 0.5) is 15.8 Å². The summed E-state index contributed by atoms with van der Waals surface area (Å²) in [5.74, 6) is -1.62. The number of hydrogen-bond acceptors (Lipinski definition) is 6. The smallest absolute Gasteiger partial charge is 0.335 e. The Morgan fingerprint density at radius 3 is 2.46 bits per heavy atom. The molecule has 3 aromatic carbocycles. The fourth-order valence-corrected chi connectivity index (χ4v) is 4.78. The van der Waals surface area contributed by atoms with Crippen LogP contribution in [-0.2, 0) is 16.0 Å². The normalized spacial score (nSPS) is 16.5. The number of ether oxygens (including phenoxy) is 1. The zero-order valence-electron chi connectivity index (χ0n) is 19.9. The third-order valence-electron chi connectivity index (χ3n) is 5.68. The van der Waals surface area contributed by atoms with E-state index in [2.05, 4.69) is 10.3 Å². The van der Waals surface area contributed by atoms with Crippen molar-refractivity contribution < 1.29 is 28.6 Å². The molecular weight excluding hydrogens is 497 g/mol. The highest BCUT2D eigenvalue weighted by Crippen LogP contribution is 2.31. The van der Waals surface area contributed by atoms with Crippen molar-refractivity contribution in [2.75, 3.05) is 19.0 Å². The number of methoxy groups -OCH3 is 1. The van der Waals surface area contributed by atoms with Gasteiger partial charge in [-0.25, -0.2) is 14.2 Å². The number of carbonyl (C=O) groups excluding carboxylic acids is 2. The van der Waals surface area contributed by atoms with E-state index in [4.69, 9.17) is 9.84 Å². The van der Waals surface area contributed by atoms with Gasteiger partial charge >= 0.3 is 5.97 Å². The van der Waals surface area contributed by atoms with Crippen molar-refractivity contribution in [1.82, 2.24) is 4.90 Å². The van der Waals surface area contributed by atoms with Crippen LogP contribution in [0.25, 0.3) is 0 Å². The molecule has 4 rings (SSSR count). The third-order valence-corrected chi connectivity index (χ3v) is 6.87. The average Bonchev–Trinajstić information content (AvgIpc) is 2.90. The van der Waals surface area contributed by atoms with Crippen molar-refractivity contribution >= 4 is 46.1 Å². The molecule has 10 heteroatoms. The molecule has 0 unspecified atom stereocenters. The van der Waals surface area contributed by atoms with Crippen LogP contribution >= 0.6 is 11.8 Å². The van der Waals surface area contributed by atoms with Crippen LogP contribution in [0.2, 0.25) is 0 Å². The number of halogens is 1. The van der Waals surface area contributed by atoms with Crippen LogP contribution in [0.5, 0.6) is 5.75 Å². The lowest BCUT2D eigenvalue weighted by Gasteiger charge is -2.32. The Morgan fingerprint density at radius 1 is 1.11 bits per heavy atom. The van der Waals surface area contributed by atoms with Gasteiger partial charge in [0.2, 0.25) is 11.8 Å². The van der Waals surface area contributed by atoms with E-state index in [-0.39, 0.29) is 28.7 Å². The van der Waals surface area contributed by atoms with Gasteiger partial charge in [0.05, 0.1) is 12.7 Å². The van der Waals surface area contributed by atoms with Gasteiger partial charge in [-0.3, -0.25) is 14.5 Å². The number of nitrogens with one attached hydrogen (secondary N) is 1. The first-order valence-corrected chi connectivity index (χ1v) is 12.3. The lowest BCUT2D eigenvalue weighted by molar-refractivity contribution is -0.129. The molecule has 0 spiro atoms. The molecule has 2 amide bonds. The Morgan fingerprint density at radius 2 is 1.81 bits per heavy atom. The van der Waals surface area contributed by atoms with Gasteiger partial charge in [0.1, 0.15) is 22.5 Å². The molecule has 8 nitrogen and oxygen atoms in total. The molecule has 0 bridgehead atoms. The number of carboxylic acid groups (broad SMARTS) is 1. The number of benzene rings is 3. The van der Waals surface area contributed by atoms with E-state index >= 15 is 0 Å². The summed E-state index contributed by atoms with van der Waals surface area (Å²) in [6.07, 6.45) is 0.460. The monoisotopic (exact) mass is 521 g/mol. The molecule has 0 radical (unpaired) electrons. The number of nitrogens with zero attached hydrogens (tertiary/aromatic N) is 2. The van der Waals surface area contributed by atoms with Gasteiger partial charge in [-0.2, -0.15) is 0 Å². The topological polar surface area (TPSA) is 108 Å². The molecule has 0 aromatic heterocycles. The molecule has 1 atom stereocenters. The number of amidine groups is 1. The molecule has 1 fully saturated rings. The largest absolute Gasteiger partial charge is 0.497 e. The zero-order valence-corrected chi connectivity index (χ0v) is 20.7. The highest BCUT2D eigenvalue weighted by Gasteiger charge is 2.36. The first-order valence-electron chi connectivity index (χ1n) is 11.4. The van der Waals surface area contributed by atoms with Crippen LogP contribution in [-0.4, -0.2) is 51.9 Å². The summed E-state index contributed by atoms with van der Waals surface area (Å²) in [5, 5.41) is 11.2. The maximum atomic E-state index is 14.4. The quantitative estimate of drug-likeness (QED) is 0.444. The molecular formula is C27H24FN3O5S. The summed E-state index contributed by atoms with van der Waals surface area (Å²) in [6.45, 7) is 0.302. The zero-order chi connectivity index (χ0) is 26.4. The minimum Gasteiger partial charge on any atom is -0.497 e. The van der Waals surface area contributed by atoms with Gasteiger partial charge in [-0.05, 0) is 60.5 Å². The van der Waals surface area contributed by atoms with Crippen molar-refractivity contribution in [3.8, 4) is 5.75 Å². The van der Waals surface area contributed by atoms with Gasteiger partial charge in [0, 0.05) is 18.7 Å². The van der Waals surface area contributed by atoms with Crippen molar-refractivity contribution in [1.29, 1.82) is 0 Å². The summed E-state index contributed by atoms with van der Waals surface area (Å²) in [7, 11) is 1.59. The number of amides is 2. The van der Waals surface area contributed by atoms with Crippen molar-refractivity contribution in [2.24, 2.45) is 4.99 Å². The molecule has 1 aliphatic heterocycles. The van der Waals surface area contributed by atoms with Crippen LogP contribution in [0.3, 0.4) is 0 Å². The standard InChI is InChI=1S/C27H24FN3O5S/c1-36-20-12-6-17(7-13-20)14-15-31-24(32)16-23(37-27(31)30-22-5-3-2-4-21(22)28)25(33)29-19-10-8-18(9-11-19)26(34)35/h2-13,23H,14-16H2,1H3,(H,29,33)(H,34,35)/t23-/m1/s1. The molecule has 0 saturated carbocycles. The lowest BCUT2D eigenvalue weighted by Crippen LogP contribution is -2.46. The van der Waals surface area contributed by atoms with Crippen molar-refractivity contribution in [2.45, 2.75) is 18.1 Å². The van der Waals surface area contributed by atoms with E-state index in [9.17, 15) is 18.8 Å². The van der Waals surface area contributed by atoms with E-state index < -0.39 is 22.9 Å². The third kappa shape index (κ3) is 6.53. The number of aromatic carboxylic acids is 1. The summed E-state index contributed by atoms with van der Waals surface area (Å²) < 4.78 is 19.6. The molecule has 37 heavy (non-hydrogen) atoms. The highest BCUT2D eigenvalue weighted by molar-refractivity contribution is 8.15. The molecule has 1 aliphatic rings. The minimum atomic E-state index is -1.07. The number of carboxylic acids is 1. The SMILES string of the molecule is COc1ccc(CCN2C(=O)C[C@H](C(=O)Nc3ccc(C(=O)O)cc3)SC2=Nc2ccccc2F)cc1. The summed E-state index contributed by atoms with van der Waals surface area (Å²) in [4.78, 5) is 43.1. The molecule has 1 saturated heterocycles. The Hall–Kier alpha value is -4.18. The lowest BCUT2D eigenvalue weighted by atomic mass is 10.1. The van der Waals surface area contributed by atoms with E-state index in [1.165, 1.54) is 41.3 Å². The predicted molar refractivity (Wildman–Crippen MR) is 140 cm³/mol. The second-order valence-electron chi connectivity index (χ2n) is 8.17. The van der Waals surface area contributed by atoms with Crippen LogP contribution in [0.1, 0.15) is 22.3 Å². The first kappa shape index (κ1) is 25.9. The maximum Gasteiger partial charge on any atom is 0.335 e. The number of thioether (sulfide) groups is 1. The molecule has 0 aliphatic carbocycles. The number of carbonyl (C=O) groups is 3. The summed E-state index contributed by atoms with van der Waals surface area (Å²) >= 11 is 1.09. The van der Waals surface area contributed by atoms with E-state index in [0.29, 0.717) is 18.7 Å². The molecule has 1 heterocycles. The van der Waals surface area contributed by atoms with Crippen molar-refractivity contribution in [3.05, 3.63) is 89.7 Å². The fourth-order valence-electron chi connectivity index (χ4n) is 3.66. The first-order chi connectivity index (χ1) is 17.8. The van der Waals surface area contributed by atoms with Gasteiger partial charge in [0.25, 0.3) is 0 Å². The Labute approximate surface area is 217 Å². The predicted octanol–water partition coefficient (Wildman–Crippen LogP) is 4.74. The van der Waals surface area contributed by atoms with Gasteiger partial charge in [-0.15, -0.1) is 0 Å². The second kappa shape index (κ2) is 11.7. The maximum absolute atomic E-state index is 14.4.